The van der Waals surface area contributed by atoms with E-state index in [0.717, 1.165) is 6.42 Å². The van der Waals surface area contributed by atoms with E-state index in [1.54, 1.807) is 0 Å². The van der Waals surface area contributed by atoms with Crippen LogP contribution in [0.2, 0.25) is 0 Å². The molecule has 80 valence electrons. The van der Waals surface area contributed by atoms with Crippen molar-refractivity contribution in [1.29, 1.82) is 0 Å². The molecule has 1 atom stereocenters. The lowest BCUT2D eigenvalue weighted by atomic mass is 9.74. The molecule has 16 heavy (non-hydrogen) atoms. The molecule has 2 nitrogen and oxygen atoms in total. The van der Waals surface area contributed by atoms with Crippen LogP contribution in [0.1, 0.15) is 12.0 Å². The highest BCUT2D eigenvalue weighted by Crippen LogP contribution is 2.48. The van der Waals surface area contributed by atoms with Gasteiger partial charge in [-0.05, 0) is 29.1 Å². The van der Waals surface area contributed by atoms with Crippen molar-refractivity contribution < 1.29 is 10.0 Å². The maximum absolute atomic E-state index is 9.18. The first-order valence-corrected chi connectivity index (χ1v) is 6.17. The van der Waals surface area contributed by atoms with Crippen LogP contribution in [0.3, 0.4) is 0 Å². The summed E-state index contributed by atoms with van der Waals surface area (Å²) < 4.78 is 0. The molecule has 0 amide bonds. The second kappa shape index (κ2) is 3.80. The van der Waals surface area contributed by atoms with Gasteiger partial charge in [-0.3, -0.25) is 0 Å². The van der Waals surface area contributed by atoms with Gasteiger partial charge in [-0.25, -0.2) is 0 Å². The molecule has 0 saturated carbocycles. The highest BCUT2D eigenvalue weighted by Gasteiger charge is 2.30. The first-order valence-electron chi connectivity index (χ1n) is 5.29. The minimum atomic E-state index is -1.36. The number of benzene rings is 1. The molecule has 4 heteroatoms. The third-order valence-electron chi connectivity index (χ3n) is 3.00. The Morgan fingerprint density at radius 1 is 1.25 bits per heavy atom. The molecule has 2 aliphatic rings. The summed E-state index contributed by atoms with van der Waals surface area (Å²) in [6, 6.07) is 8.28. The first-order chi connectivity index (χ1) is 7.75. The Bertz CT molecular complexity index is 494. The molecule has 0 spiro atoms. The van der Waals surface area contributed by atoms with E-state index < -0.39 is 7.12 Å². The maximum Gasteiger partial charge on any atom is 0.488 e. The maximum atomic E-state index is 9.18. The van der Waals surface area contributed by atoms with Gasteiger partial charge >= 0.3 is 7.12 Å². The van der Waals surface area contributed by atoms with Gasteiger partial charge in [0.2, 0.25) is 0 Å². The fraction of sp³-hybridized carbons (Fsp3) is 0.167. The van der Waals surface area contributed by atoms with E-state index >= 15 is 0 Å². The van der Waals surface area contributed by atoms with Crippen molar-refractivity contribution in [3.8, 4) is 0 Å². The van der Waals surface area contributed by atoms with Crippen LogP contribution >= 0.6 is 11.8 Å². The Balaban J connectivity index is 2.05. The SMILES string of the molecule is OB(O)C1=CCC2Sc3ccccc3C2=C1. The average Bonchev–Trinajstić information content (AvgIpc) is 2.66. The topological polar surface area (TPSA) is 40.5 Å². The normalized spacial score (nSPS) is 22.0. The van der Waals surface area contributed by atoms with Crippen molar-refractivity contribution >= 4 is 24.5 Å². The Morgan fingerprint density at radius 2 is 2.06 bits per heavy atom. The lowest BCUT2D eigenvalue weighted by molar-refractivity contribution is 0.420. The zero-order chi connectivity index (χ0) is 11.1. The zero-order valence-corrected chi connectivity index (χ0v) is 9.45. The Labute approximate surface area is 98.8 Å². The fourth-order valence-corrected chi connectivity index (χ4v) is 3.50. The Morgan fingerprint density at radius 3 is 2.88 bits per heavy atom. The van der Waals surface area contributed by atoms with E-state index in [-0.39, 0.29) is 0 Å². The van der Waals surface area contributed by atoms with Gasteiger partial charge in [0.1, 0.15) is 0 Å². The zero-order valence-electron chi connectivity index (χ0n) is 8.63. The summed E-state index contributed by atoms with van der Waals surface area (Å²) >= 11 is 1.86. The van der Waals surface area contributed by atoms with Crippen LogP contribution in [0.4, 0.5) is 0 Å². The second-order valence-electron chi connectivity index (χ2n) is 4.02. The van der Waals surface area contributed by atoms with Crippen LogP contribution in [0.25, 0.3) is 5.57 Å². The molecule has 3 rings (SSSR count). The largest absolute Gasteiger partial charge is 0.488 e. The monoisotopic (exact) mass is 230 g/mol. The van der Waals surface area contributed by atoms with Crippen molar-refractivity contribution in [1.82, 2.24) is 0 Å². The molecule has 1 aromatic carbocycles. The predicted molar refractivity (Wildman–Crippen MR) is 67.0 cm³/mol. The third kappa shape index (κ3) is 1.54. The summed E-state index contributed by atoms with van der Waals surface area (Å²) in [4.78, 5) is 1.29. The number of rotatable bonds is 1. The van der Waals surface area contributed by atoms with Crippen LogP contribution in [0, 0.1) is 0 Å². The van der Waals surface area contributed by atoms with Crippen LogP contribution in [0.15, 0.2) is 46.8 Å². The summed E-state index contributed by atoms with van der Waals surface area (Å²) in [5.41, 5.74) is 3.08. The summed E-state index contributed by atoms with van der Waals surface area (Å²) in [6.45, 7) is 0. The summed E-state index contributed by atoms with van der Waals surface area (Å²) in [6.07, 6.45) is 4.70. The van der Waals surface area contributed by atoms with E-state index in [2.05, 4.69) is 12.1 Å². The van der Waals surface area contributed by atoms with Gasteiger partial charge < -0.3 is 10.0 Å². The fourth-order valence-electron chi connectivity index (χ4n) is 2.21. The standard InChI is InChI=1S/C12H11BO2S/c14-13(15)8-5-6-12-10(7-8)9-3-1-2-4-11(9)16-12/h1-5,7,12,14-15H,6H2. The number of thioether (sulfide) groups is 1. The van der Waals surface area contributed by atoms with Crippen LogP contribution < -0.4 is 0 Å². The number of hydrogen-bond acceptors (Lipinski definition) is 3. The van der Waals surface area contributed by atoms with Crippen LogP contribution in [-0.4, -0.2) is 22.4 Å². The minimum absolute atomic E-state index is 0.444. The van der Waals surface area contributed by atoms with Gasteiger partial charge in [-0.2, -0.15) is 0 Å². The lowest BCUT2D eigenvalue weighted by Gasteiger charge is -2.16. The van der Waals surface area contributed by atoms with Crippen molar-refractivity contribution in [2.45, 2.75) is 16.6 Å². The second-order valence-corrected chi connectivity index (χ2v) is 5.26. The van der Waals surface area contributed by atoms with E-state index in [1.807, 2.05) is 36.0 Å². The van der Waals surface area contributed by atoms with Gasteiger partial charge in [0.05, 0.1) is 0 Å². The molecule has 1 heterocycles. The third-order valence-corrected chi connectivity index (χ3v) is 4.34. The average molecular weight is 230 g/mol. The Kier molecular flexibility index (Phi) is 2.43. The first kappa shape index (κ1) is 10.2. The van der Waals surface area contributed by atoms with E-state index in [9.17, 15) is 10.0 Å². The van der Waals surface area contributed by atoms with Crippen molar-refractivity contribution in [2.24, 2.45) is 0 Å². The van der Waals surface area contributed by atoms with Crippen LogP contribution in [-0.2, 0) is 0 Å². The molecule has 1 unspecified atom stereocenters. The van der Waals surface area contributed by atoms with Gasteiger partial charge in [-0.15, -0.1) is 11.8 Å². The van der Waals surface area contributed by atoms with E-state index in [1.165, 1.54) is 16.0 Å². The number of fused-ring (bicyclic) bond motifs is 3. The van der Waals surface area contributed by atoms with Gasteiger partial charge in [0, 0.05) is 10.1 Å². The van der Waals surface area contributed by atoms with Crippen molar-refractivity contribution in [3.05, 3.63) is 47.5 Å². The van der Waals surface area contributed by atoms with E-state index in [4.69, 9.17) is 0 Å². The lowest BCUT2D eigenvalue weighted by Crippen LogP contribution is -2.17. The highest BCUT2D eigenvalue weighted by atomic mass is 32.2. The molecule has 1 aliphatic heterocycles. The molecular formula is C12H11BO2S. The van der Waals surface area contributed by atoms with Gasteiger partial charge in [-0.1, -0.05) is 30.4 Å². The molecule has 2 N–H and O–H groups in total. The van der Waals surface area contributed by atoms with Gasteiger partial charge in [0.25, 0.3) is 0 Å². The smallest absolute Gasteiger partial charge is 0.423 e. The van der Waals surface area contributed by atoms with Crippen LogP contribution in [0.5, 0.6) is 0 Å². The van der Waals surface area contributed by atoms with Gasteiger partial charge in [0.15, 0.2) is 0 Å². The number of hydrogen-bond donors (Lipinski definition) is 2. The highest BCUT2D eigenvalue weighted by molar-refractivity contribution is 8.00. The summed E-state index contributed by atoms with van der Waals surface area (Å²) in [7, 11) is -1.36. The predicted octanol–water partition coefficient (Wildman–Crippen LogP) is 1.89. The minimum Gasteiger partial charge on any atom is -0.423 e. The summed E-state index contributed by atoms with van der Waals surface area (Å²) in [5, 5.41) is 18.8. The van der Waals surface area contributed by atoms with Crippen molar-refractivity contribution in [3.63, 3.8) is 0 Å². The Hall–Kier alpha value is -0.965. The quantitative estimate of drug-likeness (QED) is 0.723. The molecule has 0 radical (unpaired) electrons. The number of allylic oxidation sites excluding steroid dienone is 3. The molecule has 1 aliphatic carbocycles. The molecule has 0 fully saturated rings. The molecular weight excluding hydrogens is 219 g/mol. The molecule has 1 aromatic rings. The van der Waals surface area contributed by atoms with Crippen molar-refractivity contribution in [2.75, 3.05) is 0 Å². The molecule has 0 aromatic heterocycles. The summed E-state index contributed by atoms with van der Waals surface area (Å²) in [5.74, 6) is 0. The molecule has 0 bridgehead atoms. The van der Waals surface area contributed by atoms with E-state index in [0.29, 0.717) is 10.7 Å². The molecule has 0 saturated heterocycles.